The van der Waals surface area contributed by atoms with Crippen molar-refractivity contribution in [3.63, 3.8) is 0 Å². The molecule has 0 spiro atoms. The second kappa shape index (κ2) is 6.67. The Labute approximate surface area is 188 Å². The van der Waals surface area contributed by atoms with Crippen molar-refractivity contribution in [2.45, 2.75) is 64.9 Å². The smallest absolute Gasteiger partial charge is 0.124 e. The van der Waals surface area contributed by atoms with E-state index in [0.717, 1.165) is 34.7 Å². The summed E-state index contributed by atoms with van der Waals surface area (Å²) in [5.41, 5.74) is 4.45. The maximum absolute atomic E-state index is 10.7. The molecule has 4 aliphatic carbocycles. The highest BCUT2D eigenvalue weighted by atomic mass is 35.5. The van der Waals surface area contributed by atoms with Crippen LogP contribution in [-0.4, -0.2) is 16.2 Å². The molecule has 1 N–H and O–H groups in total. The number of nitrogens with zero attached hydrogens (tertiary/aromatic N) is 1. The van der Waals surface area contributed by atoms with Gasteiger partial charge in [0.2, 0.25) is 0 Å². The van der Waals surface area contributed by atoms with E-state index in [2.05, 4.69) is 32.1 Å². The number of aliphatic hydroxyl groups excluding tert-OH is 1. The molecule has 1 aromatic carbocycles. The molecular weight excluding hydrogens is 410 g/mol. The highest BCUT2D eigenvalue weighted by molar-refractivity contribution is 7.16. The highest BCUT2D eigenvalue weighted by Crippen LogP contribution is 2.66. The van der Waals surface area contributed by atoms with Crippen molar-refractivity contribution in [1.29, 1.82) is 0 Å². The molecule has 4 aliphatic rings. The predicted molar refractivity (Wildman–Crippen MR) is 125 cm³/mol. The quantitative estimate of drug-likeness (QED) is 0.518. The third-order valence-corrected chi connectivity index (χ3v) is 10.8. The van der Waals surface area contributed by atoms with Crippen LogP contribution in [0.3, 0.4) is 0 Å². The molecule has 158 valence electrons. The fourth-order valence-corrected chi connectivity index (χ4v) is 8.99. The van der Waals surface area contributed by atoms with Crippen LogP contribution in [0.2, 0.25) is 5.02 Å². The molecule has 6 atom stereocenters. The van der Waals surface area contributed by atoms with Gasteiger partial charge in [-0.25, -0.2) is 4.98 Å². The molecule has 1 unspecified atom stereocenters. The lowest BCUT2D eigenvalue weighted by molar-refractivity contribution is -0.0579. The lowest BCUT2D eigenvalue weighted by Crippen LogP contribution is -2.50. The first-order valence-corrected chi connectivity index (χ1v) is 12.7. The highest BCUT2D eigenvalue weighted by Gasteiger charge is 2.58. The van der Waals surface area contributed by atoms with Crippen LogP contribution in [0.5, 0.6) is 0 Å². The first-order chi connectivity index (χ1) is 14.4. The van der Waals surface area contributed by atoms with E-state index in [4.69, 9.17) is 16.6 Å². The molecule has 0 radical (unpaired) electrons. The van der Waals surface area contributed by atoms with Gasteiger partial charge in [-0.3, -0.25) is 0 Å². The van der Waals surface area contributed by atoms with Crippen LogP contribution in [-0.2, 0) is 6.42 Å². The van der Waals surface area contributed by atoms with Crippen molar-refractivity contribution in [1.82, 2.24) is 4.98 Å². The first kappa shape index (κ1) is 19.5. The number of benzene rings is 1. The number of hydrogen-bond donors (Lipinski definition) is 1. The summed E-state index contributed by atoms with van der Waals surface area (Å²) >= 11 is 7.96. The van der Waals surface area contributed by atoms with E-state index in [0.29, 0.717) is 5.92 Å². The summed E-state index contributed by atoms with van der Waals surface area (Å²) in [6, 6.07) is 8.09. The summed E-state index contributed by atoms with van der Waals surface area (Å²) in [6.07, 6.45) is 10.6. The Hall–Kier alpha value is -1.16. The molecule has 0 aliphatic heterocycles. The average Bonchev–Trinajstić information content (AvgIpc) is 3.29. The summed E-state index contributed by atoms with van der Waals surface area (Å²) in [4.78, 5) is 6.49. The van der Waals surface area contributed by atoms with Crippen LogP contribution in [0.25, 0.3) is 16.1 Å². The van der Waals surface area contributed by atoms with Crippen molar-refractivity contribution in [2.24, 2.45) is 28.6 Å². The second-order valence-corrected chi connectivity index (χ2v) is 12.0. The molecular formula is C26H30ClNOS. The molecule has 4 heteroatoms. The Morgan fingerprint density at radius 1 is 1.07 bits per heavy atom. The van der Waals surface area contributed by atoms with Crippen molar-refractivity contribution < 1.29 is 5.11 Å². The molecule has 0 amide bonds. The maximum atomic E-state index is 10.7. The van der Waals surface area contributed by atoms with Crippen LogP contribution < -0.4 is 0 Å². The van der Waals surface area contributed by atoms with Crippen LogP contribution in [0.4, 0.5) is 0 Å². The van der Waals surface area contributed by atoms with Crippen molar-refractivity contribution in [2.75, 3.05) is 0 Å². The zero-order valence-electron chi connectivity index (χ0n) is 17.8. The minimum atomic E-state index is -0.0944. The molecule has 30 heavy (non-hydrogen) atoms. The number of rotatable bonds is 1. The van der Waals surface area contributed by atoms with Gasteiger partial charge in [0.15, 0.2) is 0 Å². The third kappa shape index (κ3) is 2.61. The monoisotopic (exact) mass is 439 g/mol. The van der Waals surface area contributed by atoms with Gasteiger partial charge in [0, 0.05) is 10.6 Å². The van der Waals surface area contributed by atoms with Gasteiger partial charge < -0.3 is 5.11 Å². The van der Waals surface area contributed by atoms with E-state index in [1.165, 1.54) is 48.2 Å². The second-order valence-electron chi connectivity index (χ2n) is 10.6. The minimum absolute atomic E-state index is 0.0944. The SMILES string of the molecule is C[C@]12CCc3nc(-c4ccc(Cl)cc4)sc3C1=CC[C@@H]1[C@@H]2CC[C@]2(C)C(O)CC[C@@H]12. The van der Waals surface area contributed by atoms with E-state index < -0.39 is 0 Å². The third-order valence-electron chi connectivity index (χ3n) is 9.33. The Bertz CT molecular complexity index is 1030. The van der Waals surface area contributed by atoms with Gasteiger partial charge in [-0.2, -0.15) is 0 Å². The van der Waals surface area contributed by atoms with E-state index in [1.807, 2.05) is 23.5 Å². The molecule has 0 saturated heterocycles. The summed E-state index contributed by atoms with van der Waals surface area (Å²) in [7, 11) is 0. The number of hydrogen-bond acceptors (Lipinski definition) is 3. The fraction of sp³-hybridized carbons (Fsp3) is 0.577. The van der Waals surface area contributed by atoms with Gasteiger partial charge >= 0.3 is 0 Å². The van der Waals surface area contributed by atoms with E-state index in [9.17, 15) is 5.11 Å². The predicted octanol–water partition coefficient (Wildman–Crippen LogP) is 7.01. The normalized spacial score (nSPS) is 39.5. The molecule has 1 heterocycles. The summed E-state index contributed by atoms with van der Waals surface area (Å²) < 4.78 is 0. The van der Waals surface area contributed by atoms with Gasteiger partial charge in [-0.15, -0.1) is 11.3 Å². The molecule has 0 bridgehead atoms. The molecule has 2 fully saturated rings. The topological polar surface area (TPSA) is 33.1 Å². The standard InChI is InChI=1S/C26H30ClNOS/c1-25-14-12-21-23(30-24(28-21)15-3-5-16(27)6-4-15)20(25)8-7-17-18-9-10-22(29)26(18,2)13-11-19(17)25/h3-6,8,17-19,22,29H,7,9-14H2,1-2H3/t17-,18-,19-,22?,25+,26-/m0/s1. The average molecular weight is 440 g/mol. The van der Waals surface area contributed by atoms with Crippen molar-refractivity contribution in [3.05, 3.63) is 45.9 Å². The Balaban J connectivity index is 1.38. The number of thiazole rings is 1. The Morgan fingerprint density at radius 3 is 2.67 bits per heavy atom. The zero-order valence-corrected chi connectivity index (χ0v) is 19.4. The number of allylic oxidation sites excluding steroid dienone is 2. The zero-order chi connectivity index (χ0) is 20.7. The number of aromatic nitrogens is 1. The van der Waals surface area contributed by atoms with Crippen LogP contribution in [0.1, 0.15) is 62.9 Å². The lowest BCUT2D eigenvalue weighted by Gasteiger charge is -2.56. The number of aryl methyl sites for hydroxylation is 1. The summed E-state index contributed by atoms with van der Waals surface area (Å²) in [5, 5.41) is 12.6. The maximum Gasteiger partial charge on any atom is 0.124 e. The molecule has 2 saturated carbocycles. The Kier molecular flexibility index (Phi) is 4.34. The van der Waals surface area contributed by atoms with Gasteiger partial charge in [0.25, 0.3) is 0 Å². The van der Waals surface area contributed by atoms with Crippen molar-refractivity contribution >= 4 is 28.5 Å². The number of aliphatic hydroxyl groups is 1. The lowest BCUT2D eigenvalue weighted by atomic mass is 9.48. The molecule has 6 rings (SSSR count). The summed E-state index contributed by atoms with van der Waals surface area (Å²) in [5.74, 6) is 2.17. The van der Waals surface area contributed by atoms with Gasteiger partial charge in [0.05, 0.1) is 16.7 Å². The Morgan fingerprint density at radius 2 is 1.87 bits per heavy atom. The van der Waals surface area contributed by atoms with E-state index in [1.54, 1.807) is 5.57 Å². The fourth-order valence-electron chi connectivity index (χ4n) is 7.56. The van der Waals surface area contributed by atoms with Crippen molar-refractivity contribution in [3.8, 4) is 10.6 Å². The van der Waals surface area contributed by atoms with Gasteiger partial charge in [-0.1, -0.05) is 43.7 Å². The van der Waals surface area contributed by atoms with Gasteiger partial charge in [0.1, 0.15) is 5.01 Å². The first-order valence-electron chi connectivity index (χ1n) is 11.5. The van der Waals surface area contributed by atoms with Crippen LogP contribution in [0, 0.1) is 28.6 Å². The van der Waals surface area contributed by atoms with Crippen LogP contribution >= 0.6 is 22.9 Å². The minimum Gasteiger partial charge on any atom is -0.393 e. The molecule has 2 nitrogen and oxygen atoms in total. The van der Waals surface area contributed by atoms with E-state index in [-0.39, 0.29) is 16.9 Å². The van der Waals surface area contributed by atoms with E-state index >= 15 is 0 Å². The van der Waals surface area contributed by atoms with Gasteiger partial charge in [-0.05, 0) is 91.2 Å². The number of fused-ring (bicyclic) bond motifs is 7. The molecule has 2 aromatic rings. The largest absolute Gasteiger partial charge is 0.393 e. The number of halogens is 1. The van der Waals surface area contributed by atoms with Crippen LogP contribution in [0.15, 0.2) is 30.3 Å². The molecule has 1 aromatic heterocycles. The summed E-state index contributed by atoms with van der Waals surface area (Å²) in [6.45, 7) is 4.90.